The Bertz CT molecular complexity index is 232. The molecule has 6 heteroatoms. The van der Waals surface area contributed by atoms with Crippen LogP contribution in [0.2, 0.25) is 0 Å². The van der Waals surface area contributed by atoms with E-state index in [1.807, 2.05) is 21.1 Å². The molecule has 16 heavy (non-hydrogen) atoms. The molecule has 0 heterocycles. The zero-order chi connectivity index (χ0) is 12.8. The molecule has 5 nitrogen and oxygen atoms in total. The van der Waals surface area contributed by atoms with Gasteiger partial charge in [0.1, 0.15) is 6.17 Å². The first-order valence-corrected chi connectivity index (χ1v) is 7.23. The average Bonchev–Trinajstić information content (AvgIpc) is 2.14. The molecule has 0 aliphatic carbocycles. The third kappa shape index (κ3) is 7.41. The second kappa shape index (κ2) is 6.65. The van der Waals surface area contributed by atoms with Crippen molar-refractivity contribution in [1.29, 1.82) is 0 Å². The normalized spacial score (nSPS) is 11.4. The summed E-state index contributed by atoms with van der Waals surface area (Å²) in [5, 5.41) is 0. The van der Waals surface area contributed by atoms with Gasteiger partial charge < -0.3 is 13.3 Å². The highest BCUT2D eigenvalue weighted by Crippen LogP contribution is 2.01. The number of rotatable bonds is 6. The molecule has 0 unspecified atom stereocenters. The highest BCUT2D eigenvalue weighted by atomic mass is 28.3. The minimum atomic E-state index is -2.24. The lowest BCUT2D eigenvalue weighted by Gasteiger charge is -2.27. The van der Waals surface area contributed by atoms with Crippen LogP contribution < -0.4 is 0 Å². The molecular formula is C10H22NO4Si+. The minimum Gasteiger partial charge on any atom is -0.484 e. The monoisotopic (exact) mass is 248 g/mol. The lowest BCUT2D eigenvalue weighted by molar-refractivity contribution is -0.860. The van der Waals surface area contributed by atoms with Crippen LogP contribution in [-0.2, 0) is 18.4 Å². The number of nitrogens with zero attached hydrogens (tertiary/aromatic N) is 1. The SMILES string of the molecule is CCC(=O)O[SiH](C[N+](C)(C)C)OC(=O)CC. The maximum absolute atomic E-state index is 11.2. The Morgan fingerprint density at radius 1 is 1.00 bits per heavy atom. The van der Waals surface area contributed by atoms with Crippen molar-refractivity contribution in [3.63, 3.8) is 0 Å². The molecule has 0 aliphatic rings. The van der Waals surface area contributed by atoms with Crippen LogP contribution in [0, 0.1) is 0 Å². The van der Waals surface area contributed by atoms with Crippen molar-refractivity contribution in [3.8, 4) is 0 Å². The van der Waals surface area contributed by atoms with Crippen molar-refractivity contribution in [2.24, 2.45) is 0 Å². The van der Waals surface area contributed by atoms with Crippen molar-refractivity contribution >= 4 is 21.2 Å². The second-order valence-corrected chi connectivity index (χ2v) is 6.28. The molecule has 0 aromatic heterocycles. The first-order chi connectivity index (χ1) is 7.28. The first-order valence-electron chi connectivity index (χ1n) is 5.48. The molecule has 0 aromatic rings. The van der Waals surface area contributed by atoms with E-state index in [4.69, 9.17) is 8.85 Å². The summed E-state index contributed by atoms with van der Waals surface area (Å²) in [6, 6.07) is 0. The molecule has 0 bridgehead atoms. The molecule has 0 amide bonds. The molecule has 0 atom stereocenters. The van der Waals surface area contributed by atoms with Gasteiger partial charge in [0.15, 0.2) is 0 Å². The summed E-state index contributed by atoms with van der Waals surface area (Å²) in [5.74, 6) is -0.594. The number of carbonyl (C=O) groups is 2. The maximum atomic E-state index is 11.2. The maximum Gasteiger partial charge on any atom is 0.505 e. The fourth-order valence-corrected chi connectivity index (χ4v) is 3.02. The van der Waals surface area contributed by atoms with E-state index in [1.165, 1.54) is 0 Å². The van der Waals surface area contributed by atoms with Crippen LogP contribution >= 0.6 is 0 Å². The molecule has 0 spiro atoms. The van der Waals surface area contributed by atoms with Crippen molar-refractivity contribution in [2.75, 3.05) is 27.3 Å². The quantitative estimate of drug-likeness (QED) is 0.503. The summed E-state index contributed by atoms with van der Waals surface area (Å²) < 4.78 is 11.0. The standard InChI is InChI=1S/C10H22NO4Si/c1-6-9(12)14-16(8-11(3,4)5)15-10(13)7-2/h16H,6-8H2,1-5H3/q+1. The zero-order valence-corrected chi connectivity index (χ0v) is 11.9. The molecule has 94 valence electrons. The van der Waals surface area contributed by atoms with Gasteiger partial charge in [-0.05, 0) is 0 Å². The summed E-state index contributed by atoms with van der Waals surface area (Å²) in [6.07, 6.45) is 1.20. The topological polar surface area (TPSA) is 52.6 Å². The summed E-state index contributed by atoms with van der Waals surface area (Å²) in [7, 11) is 3.68. The van der Waals surface area contributed by atoms with Gasteiger partial charge in [-0.2, -0.15) is 0 Å². The fraction of sp³-hybridized carbons (Fsp3) is 0.800. The van der Waals surface area contributed by atoms with Gasteiger partial charge in [-0.3, -0.25) is 9.59 Å². The van der Waals surface area contributed by atoms with Crippen LogP contribution in [0.15, 0.2) is 0 Å². The van der Waals surface area contributed by atoms with Crippen LogP contribution in [0.3, 0.4) is 0 Å². The third-order valence-corrected chi connectivity index (χ3v) is 4.25. The minimum absolute atomic E-state index is 0.297. The van der Waals surface area contributed by atoms with Crippen molar-refractivity contribution in [2.45, 2.75) is 26.7 Å². The van der Waals surface area contributed by atoms with E-state index in [2.05, 4.69) is 0 Å². The van der Waals surface area contributed by atoms with Gasteiger partial charge >= 0.3 is 9.28 Å². The van der Waals surface area contributed by atoms with Gasteiger partial charge in [0.25, 0.3) is 11.9 Å². The predicted octanol–water partition coefficient (Wildman–Crippen LogP) is 0.359. The number of hydrogen-bond donors (Lipinski definition) is 0. The van der Waals surface area contributed by atoms with Crippen LogP contribution in [-0.4, -0.2) is 53.0 Å². The van der Waals surface area contributed by atoms with E-state index >= 15 is 0 Å². The van der Waals surface area contributed by atoms with E-state index in [0.29, 0.717) is 23.5 Å². The van der Waals surface area contributed by atoms with E-state index < -0.39 is 9.28 Å². The van der Waals surface area contributed by atoms with Crippen LogP contribution in [0.1, 0.15) is 26.7 Å². The average molecular weight is 248 g/mol. The molecular weight excluding hydrogens is 226 g/mol. The summed E-state index contributed by atoms with van der Waals surface area (Å²) in [6.45, 7) is 3.45. The third-order valence-electron chi connectivity index (χ3n) is 1.80. The Kier molecular flexibility index (Phi) is 6.28. The Hall–Kier alpha value is -0.883. The Morgan fingerprint density at radius 3 is 1.62 bits per heavy atom. The number of hydrogen-bond acceptors (Lipinski definition) is 4. The number of quaternary nitrogens is 1. The van der Waals surface area contributed by atoms with Gasteiger partial charge in [-0.15, -0.1) is 0 Å². The van der Waals surface area contributed by atoms with Crippen molar-refractivity contribution in [1.82, 2.24) is 0 Å². The molecule has 0 aliphatic heterocycles. The Labute approximate surface area is 98.8 Å². The zero-order valence-electron chi connectivity index (χ0n) is 10.8. The summed E-state index contributed by atoms with van der Waals surface area (Å²) in [4.78, 5) is 22.4. The van der Waals surface area contributed by atoms with Crippen LogP contribution in [0.4, 0.5) is 0 Å². The van der Waals surface area contributed by atoms with Crippen LogP contribution in [0.25, 0.3) is 0 Å². The molecule has 0 aromatic carbocycles. The molecule has 0 N–H and O–H groups in total. The highest BCUT2D eigenvalue weighted by Gasteiger charge is 2.29. The van der Waals surface area contributed by atoms with E-state index in [1.54, 1.807) is 13.8 Å². The van der Waals surface area contributed by atoms with Crippen molar-refractivity contribution in [3.05, 3.63) is 0 Å². The molecule has 0 radical (unpaired) electrons. The smallest absolute Gasteiger partial charge is 0.484 e. The van der Waals surface area contributed by atoms with E-state index in [0.717, 1.165) is 0 Å². The van der Waals surface area contributed by atoms with E-state index in [9.17, 15) is 9.59 Å². The largest absolute Gasteiger partial charge is 0.505 e. The van der Waals surface area contributed by atoms with Gasteiger partial charge in [0.2, 0.25) is 0 Å². The lowest BCUT2D eigenvalue weighted by atomic mass is 10.5. The molecule has 0 fully saturated rings. The van der Waals surface area contributed by atoms with Gasteiger partial charge in [-0.1, -0.05) is 13.8 Å². The molecule has 0 rings (SSSR count). The van der Waals surface area contributed by atoms with Gasteiger partial charge in [-0.25, -0.2) is 0 Å². The highest BCUT2D eigenvalue weighted by molar-refractivity contribution is 6.48. The van der Waals surface area contributed by atoms with Gasteiger partial charge in [0, 0.05) is 12.8 Å². The second-order valence-electron chi connectivity index (χ2n) is 4.59. The Balaban J connectivity index is 4.38. The first kappa shape index (κ1) is 15.1. The van der Waals surface area contributed by atoms with Crippen molar-refractivity contribution < 1.29 is 22.9 Å². The van der Waals surface area contributed by atoms with E-state index in [-0.39, 0.29) is 11.9 Å². The van der Waals surface area contributed by atoms with Crippen LogP contribution in [0.5, 0.6) is 0 Å². The molecule has 0 saturated carbocycles. The summed E-state index contributed by atoms with van der Waals surface area (Å²) in [5.41, 5.74) is 0. The van der Waals surface area contributed by atoms with Gasteiger partial charge in [0.05, 0.1) is 21.1 Å². The Morgan fingerprint density at radius 2 is 1.38 bits per heavy atom. The predicted molar refractivity (Wildman–Crippen MR) is 62.8 cm³/mol. The fourth-order valence-electron chi connectivity index (χ4n) is 1.01. The number of carbonyl (C=O) groups excluding carboxylic acids is 2. The lowest BCUT2D eigenvalue weighted by Crippen LogP contribution is -2.47. The summed E-state index contributed by atoms with van der Waals surface area (Å²) >= 11 is 0. The molecule has 0 saturated heterocycles.